The summed E-state index contributed by atoms with van der Waals surface area (Å²) in [4.78, 5) is 12.5. The first-order valence-corrected chi connectivity index (χ1v) is 10.6. The second-order valence-corrected chi connectivity index (χ2v) is 7.76. The fourth-order valence-corrected chi connectivity index (χ4v) is 3.77. The SMILES string of the molecule is COc1ccc(-c2ccc(C=NNC(=O)C3COc4cc5ccccc5cc4O3)o2)cc1Cl. The number of rotatable bonds is 5. The molecule has 1 amide bonds. The van der Waals surface area contributed by atoms with E-state index >= 15 is 0 Å². The number of methoxy groups -OCH3 is 1. The summed E-state index contributed by atoms with van der Waals surface area (Å²) in [6.45, 7) is 0.0931. The van der Waals surface area contributed by atoms with E-state index in [4.69, 9.17) is 30.2 Å². The van der Waals surface area contributed by atoms with Crippen molar-refractivity contribution in [3.63, 3.8) is 0 Å². The molecule has 5 rings (SSSR count). The van der Waals surface area contributed by atoms with E-state index < -0.39 is 12.0 Å². The Hall–Kier alpha value is -3.97. The first-order chi connectivity index (χ1) is 16.1. The molecule has 0 saturated carbocycles. The Morgan fingerprint density at radius 1 is 1.09 bits per heavy atom. The number of benzene rings is 3. The Labute approximate surface area is 194 Å². The fraction of sp³-hybridized carbons (Fsp3) is 0.120. The molecule has 0 saturated heterocycles. The minimum absolute atomic E-state index is 0.0931. The van der Waals surface area contributed by atoms with Crippen molar-refractivity contribution in [2.24, 2.45) is 5.10 Å². The molecule has 166 valence electrons. The molecule has 0 radical (unpaired) electrons. The normalized spacial score (nSPS) is 15.0. The maximum absolute atomic E-state index is 12.5. The number of furan rings is 1. The lowest BCUT2D eigenvalue weighted by atomic mass is 10.1. The summed E-state index contributed by atoms with van der Waals surface area (Å²) in [6, 6.07) is 20.5. The molecular formula is C25H19ClN2O5. The molecule has 1 N–H and O–H groups in total. The van der Waals surface area contributed by atoms with Gasteiger partial charge in [0.2, 0.25) is 6.10 Å². The third kappa shape index (κ3) is 4.36. The quantitative estimate of drug-likeness (QED) is 0.331. The van der Waals surface area contributed by atoms with Crippen LogP contribution < -0.4 is 19.6 Å². The van der Waals surface area contributed by atoms with Crippen LogP contribution in [-0.2, 0) is 4.79 Å². The van der Waals surface area contributed by atoms with Crippen LogP contribution in [0.25, 0.3) is 22.1 Å². The van der Waals surface area contributed by atoms with E-state index in [1.807, 2.05) is 42.5 Å². The lowest BCUT2D eigenvalue weighted by Gasteiger charge is -2.25. The van der Waals surface area contributed by atoms with E-state index in [9.17, 15) is 4.79 Å². The molecular weight excluding hydrogens is 444 g/mol. The molecule has 3 aromatic carbocycles. The molecule has 1 aromatic heterocycles. The molecule has 33 heavy (non-hydrogen) atoms. The van der Waals surface area contributed by atoms with E-state index in [1.165, 1.54) is 6.21 Å². The van der Waals surface area contributed by atoms with Gasteiger partial charge in [0, 0.05) is 5.56 Å². The van der Waals surface area contributed by atoms with Crippen LogP contribution in [0.4, 0.5) is 0 Å². The van der Waals surface area contributed by atoms with Gasteiger partial charge in [-0.25, -0.2) is 5.43 Å². The highest BCUT2D eigenvalue weighted by atomic mass is 35.5. The molecule has 2 heterocycles. The molecule has 1 aliphatic rings. The number of nitrogens with zero attached hydrogens (tertiary/aromatic N) is 1. The highest BCUT2D eigenvalue weighted by Crippen LogP contribution is 2.36. The zero-order valence-electron chi connectivity index (χ0n) is 17.6. The van der Waals surface area contributed by atoms with E-state index in [0.717, 1.165) is 16.3 Å². The van der Waals surface area contributed by atoms with Gasteiger partial charge in [0.05, 0.1) is 18.3 Å². The lowest BCUT2D eigenvalue weighted by Crippen LogP contribution is -2.42. The summed E-state index contributed by atoms with van der Waals surface area (Å²) in [6.07, 6.45) is 0.599. The Kier molecular flexibility index (Phi) is 5.62. The van der Waals surface area contributed by atoms with E-state index in [-0.39, 0.29) is 6.61 Å². The first-order valence-electron chi connectivity index (χ1n) is 10.2. The van der Waals surface area contributed by atoms with Crippen molar-refractivity contribution in [1.29, 1.82) is 0 Å². The topological polar surface area (TPSA) is 82.3 Å². The standard InChI is InChI=1S/C25H19ClN2O5/c1-30-21-8-6-17(10-19(21)26)20-9-7-18(32-20)13-27-28-25(29)24-14-31-22-11-15-4-2-3-5-16(15)12-23(22)33-24/h2-13,24H,14H2,1H3,(H,28,29). The van der Waals surface area contributed by atoms with Crippen LogP contribution in [0.15, 0.2) is 76.2 Å². The van der Waals surface area contributed by atoms with Crippen LogP contribution in [-0.4, -0.2) is 31.9 Å². The average Bonchev–Trinajstić information content (AvgIpc) is 3.31. The van der Waals surface area contributed by atoms with Crippen molar-refractivity contribution in [1.82, 2.24) is 5.43 Å². The molecule has 0 bridgehead atoms. The molecule has 4 aromatic rings. The zero-order chi connectivity index (χ0) is 22.8. The number of hydrazone groups is 1. The Bertz CT molecular complexity index is 1360. The van der Waals surface area contributed by atoms with Gasteiger partial charge in [0.25, 0.3) is 5.91 Å². The summed E-state index contributed by atoms with van der Waals surface area (Å²) < 4.78 is 22.5. The molecule has 8 heteroatoms. The van der Waals surface area contributed by atoms with Gasteiger partial charge in [-0.2, -0.15) is 5.10 Å². The predicted molar refractivity (Wildman–Crippen MR) is 125 cm³/mol. The third-order valence-electron chi connectivity index (χ3n) is 5.19. The summed E-state index contributed by atoms with van der Waals surface area (Å²) in [5.41, 5.74) is 3.26. The maximum Gasteiger partial charge on any atom is 0.284 e. The highest BCUT2D eigenvalue weighted by Gasteiger charge is 2.27. The Balaban J connectivity index is 1.22. The zero-order valence-corrected chi connectivity index (χ0v) is 18.3. The number of amides is 1. The second kappa shape index (κ2) is 8.88. The summed E-state index contributed by atoms with van der Waals surface area (Å²) in [7, 11) is 1.56. The summed E-state index contributed by atoms with van der Waals surface area (Å²) in [5, 5.41) is 6.51. The predicted octanol–water partition coefficient (Wildman–Crippen LogP) is 5.05. The smallest absolute Gasteiger partial charge is 0.284 e. The highest BCUT2D eigenvalue weighted by molar-refractivity contribution is 6.32. The number of nitrogens with one attached hydrogen (secondary N) is 1. The number of carbonyl (C=O) groups is 1. The number of fused-ring (bicyclic) bond motifs is 2. The molecule has 1 atom stereocenters. The number of halogens is 1. The van der Waals surface area contributed by atoms with Crippen molar-refractivity contribution in [3.8, 4) is 28.6 Å². The van der Waals surface area contributed by atoms with E-state index in [0.29, 0.717) is 33.8 Å². The Morgan fingerprint density at radius 3 is 2.64 bits per heavy atom. The first kappa shape index (κ1) is 20.9. The van der Waals surface area contributed by atoms with Crippen LogP contribution in [0, 0.1) is 0 Å². The number of hydrogen-bond acceptors (Lipinski definition) is 6. The van der Waals surface area contributed by atoms with Crippen LogP contribution in [0.2, 0.25) is 5.02 Å². The van der Waals surface area contributed by atoms with Crippen LogP contribution in [0.1, 0.15) is 5.76 Å². The molecule has 0 aliphatic carbocycles. The van der Waals surface area contributed by atoms with Crippen LogP contribution in [0.3, 0.4) is 0 Å². The molecule has 0 spiro atoms. The van der Waals surface area contributed by atoms with Crippen LogP contribution >= 0.6 is 11.6 Å². The van der Waals surface area contributed by atoms with Crippen molar-refractivity contribution in [3.05, 3.63) is 77.5 Å². The largest absolute Gasteiger partial charge is 0.495 e. The van der Waals surface area contributed by atoms with Gasteiger partial charge in [-0.1, -0.05) is 35.9 Å². The second-order valence-electron chi connectivity index (χ2n) is 7.35. The molecule has 7 nitrogen and oxygen atoms in total. The Morgan fingerprint density at radius 2 is 1.88 bits per heavy atom. The fourth-order valence-electron chi connectivity index (χ4n) is 3.51. The maximum atomic E-state index is 12.5. The van der Waals surface area contributed by atoms with Crippen molar-refractivity contribution in [2.75, 3.05) is 13.7 Å². The number of carbonyl (C=O) groups excluding carboxylic acids is 1. The van der Waals surface area contributed by atoms with Crippen molar-refractivity contribution >= 4 is 34.5 Å². The number of ether oxygens (including phenoxy) is 3. The van der Waals surface area contributed by atoms with Gasteiger partial charge >= 0.3 is 0 Å². The van der Waals surface area contributed by atoms with Gasteiger partial charge in [-0.15, -0.1) is 0 Å². The minimum atomic E-state index is -0.815. The van der Waals surface area contributed by atoms with Gasteiger partial charge in [0.15, 0.2) is 11.5 Å². The summed E-state index contributed by atoms with van der Waals surface area (Å²) in [5.74, 6) is 2.39. The molecule has 1 aliphatic heterocycles. The van der Waals surface area contributed by atoms with Crippen molar-refractivity contribution < 1.29 is 23.4 Å². The van der Waals surface area contributed by atoms with Gasteiger partial charge in [-0.3, -0.25) is 4.79 Å². The van der Waals surface area contributed by atoms with Gasteiger partial charge in [-0.05, 0) is 53.2 Å². The minimum Gasteiger partial charge on any atom is -0.495 e. The van der Waals surface area contributed by atoms with Gasteiger partial charge in [0.1, 0.15) is 23.9 Å². The lowest BCUT2D eigenvalue weighted by molar-refractivity contribution is -0.130. The number of hydrogen-bond donors (Lipinski definition) is 1. The average molecular weight is 463 g/mol. The van der Waals surface area contributed by atoms with Crippen molar-refractivity contribution in [2.45, 2.75) is 6.10 Å². The monoisotopic (exact) mass is 462 g/mol. The molecule has 0 fully saturated rings. The van der Waals surface area contributed by atoms with E-state index in [2.05, 4.69) is 10.5 Å². The van der Waals surface area contributed by atoms with Gasteiger partial charge < -0.3 is 18.6 Å². The third-order valence-corrected chi connectivity index (χ3v) is 5.49. The molecule has 1 unspecified atom stereocenters. The van der Waals surface area contributed by atoms with E-state index in [1.54, 1.807) is 31.4 Å². The summed E-state index contributed by atoms with van der Waals surface area (Å²) >= 11 is 6.18. The van der Waals surface area contributed by atoms with Crippen LogP contribution in [0.5, 0.6) is 17.2 Å².